The van der Waals surface area contributed by atoms with Crippen molar-refractivity contribution in [1.29, 1.82) is 0 Å². The minimum Gasteiger partial charge on any atom is -0.348 e. The van der Waals surface area contributed by atoms with Gasteiger partial charge in [-0.2, -0.15) is 8.78 Å². The third kappa shape index (κ3) is 1.65. The van der Waals surface area contributed by atoms with Crippen LogP contribution in [0.5, 0.6) is 0 Å². The first-order chi connectivity index (χ1) is 4.61. The van der Waals surface area contributed by atoms with E-state index in [1.807, 2.05) is 6.92 Å². The van der Waals surface area contributed by atoms with E-state index in [-0.39, 0.29) is 6.04 Å². The number of nitrogens with one attached hydrogen (secondary N) is 1. The van der Waals surface area contributed by atoms with Gasteiger partial charge in [-0.25, -0.2) is 0 Å². The average Bonchev–Trinajstić information content (AvgIpc) is 2.46. The van der Waals surface area contributed by atoms with E-state index in [1.54, 1.807) is 0 Å². The van der Waals surface area contributed by atoms with Gasteiger partial charge in [0.25, 0.3) is 5.91 Å². The zero-order chi connectivity index (χ0) is 7.72. The van der Waals surface area contributed by atoms with Crippen molar-refractivity contribution in [1.82, 2.24) is 5.32 Å². The second-order valence-corrected chi connectivity index (χ2v) is 2.63. The fourth-order valence-electron chi connectivity index (χ4n) is 0.769. The van der Waals surface area contributed by atoms with Crippen molar-refractivity contribution in [2.75, 3.05) is 0 Å². The maximum atomic E-state index is 11.5. The highest BCUT2D eigenvalue weighted by Gasteiger charge is 2.35. The number of carbonyl (C=O) groups excluding carboxylic acids is 1. The first-order valence-electron chi connectivity index (χ1n) is 3.20. The first kappa shape index (κ1) is 7.44. The van der Waals surface area contributed by atoms with E-state index in [9.17, 15) is 13.6 Å². The molecule has 0 saturated heterocycles. The Morgan fingerprint density at radius 2 is 2.20 bits per heavy atom. The number of hydrogen-bond donors (Lipinski definition) is 1. The Morgan fingerprint density at radius 1 is 1.70 bits per heavy atom. The quantitative estimate of drug-likeness (QED) is 0.617. The third-order valence-corrected chi connectivity index (χ3v) is 1.64. The molecule has 10 heavy (non-hydrogen) atoms. The van der Waals surface area contributed by atoms with Gasteiger partial charge in [-0.05, 0) is 12.3 Å². The van der Waals surface area contributed by atoms with Gasteiger partial charge < -0.3 is 5.32 Å². The molecule has 2 nitrogen and oxygen atoms in total. The first-order valence-corrected chi connectivity index (χ1v) is 3.20. The second-order valence-electron chi connectivity index (χ2n) is 2.63. The SMILES string of the molecule is CC1CC1NC(=O)C(F)F. The largest absolute Gasteiger partial charge is 0.348 e. The van der Waals surface area contributed by atoms with Crippen molar-refractivity contribution in [3.05, 3.63) is 0 Å². The summed E-state index contributed by atoms with van der Waals surface area (Å²) >= 11 is 0. The number of hydrogen-bond acceptors (Lipinski definition) is 1. The zero-order valence-corrected chi connectivity index (χ0v) is 5.60. The van der Waals surface area contributed by atoms with Crippen LogP contribution in [0.4, 0.5) is 8.78 Å². The fourth-order valence-corrected chi connectivity index (χ4v) is 0.769. The predicted molar refractivity (Wildman–Crippen MR) is 31.7 cm³/mol. The minimum atomic E-state index is -2.87. The van der Waals surface area contributed by atoms with Crippen molar-refractivity contribution in [2.24, 2.45) is 5.92 Å². The number of rotatable bonds is 2. The summed E-state index contributed by atoms with van der Waals surface area (Å²) in [7, 11) is 0. The van der Waals surface area contributed by atoms with E-state index in [4.69, 9.17) is 0 Å². The molecule has 1 aliphatic rings. The molecule has 2 unspecified atom stereocenters. The lowest BCUT2D eigenvalue weighted by molar-refractivity contribution is -0.131. The van der Waals surface area contributed by atoms with Crippen molar-refractivity contribution >= 4 is 5.91 Å². The van der Waals surface area contributed by atoms with Crippen molar-refractivity contribution in [3.8, 4) is 0 Å². The Balaban J connectivity index is 2.20. The maximum absolute atomic E-state index is 11.5. The Morgan fingerprint density at radius 3 is 2.50 bits per heavy atom. The predicted octanol–water partition coefficient (Wildman–Crippen LogP) is 0.776. The summed E-state index contributed by atoms with van der Waals surface area (Å²) < 4.78 is 23.1. The molecule has 1 rings (SSSR count). The molecule has 0 radical (unpaired) electrons. The molecule has 0 spiro atoms. The van der Waals surface area contributed by atoms with E-state index < -0.39 is 12.3 Å². The van der Waals surface area contributed by atoms with Gasteiger partial charge in [0.05, 0.1) is 0 Å². The smallest absolute Gasteiger partial charge is 0.315 e. The van der Waals surface area contributed by atoms with Crippen LogP contribution in [0.15, 0.2) is 0 Å². The Kier molecular flexibility index (Phi) is 1.87. The normalized spacial score (nSPS) is 30.4. The molecule has 2 atom stereocenters. The molecule has 1 N–H and O–H groups in total. The molecule has 1 amide bonds. The van der Waals surface area contributed by atoms with E-state index >= 15 is 0 Å². The molecule has 0 aromatic rings. The van der Waals surface area contributed by atoms with Crippen LogP contribution in [-0.2, 0) is 4.79 Å². The van der Waals surface area contributed by atoms with Crippen LogP contribution < -0.4 is 5.32 Å². The van der Waals surface area contributed by atoms with E-state index in [2.05, 4.69) is 5.32 Å². The number of alkyl halides is 2. The topological polar surface area (TPSA) is 29.1 Å². The molecular formula is C6H9F2NO. The van der Waals surface area contributed by atoms with Crippen molar-refractivity contribution in [2.45, 2.75) is 25.8 Å². The van der Waals surface area contributed by atoms with Crippen LogP contribution in [0.3, 0.4) is 0 Å². The highest BCUT2D eigenvalue weighted by Crippen LogP contribution is 2.28. The lowest BCUT2D eigenvalue weighted by Crippen LogP contribution is -2.31. The van der Waals surface area contributed by atoms with Crippen LogP contribution in [0.1, 0.15) is 13.3 Å². The molecule has 4 heteroatoms. The standard InChI is InChI=1S/C6H9F2NO/c1-3-2-4(3)9-6(10)5(7)8/h3-5H,2H2,1H3,(H,9,10). The molecule has 1 saturated carbocycles. The average molecular weight is 149 g/mol. The Labute approximate surface area is 57.6 Å². The summed E-state index contributed by atoms with van der Waals surface area (Å²) in [4.78, 5) is 10.3. The summed E-state index contributed by atoms with van der Waals surface area (Å²) in [6.45, 7) is 1.91. The summed E-state index contributed by atoms with van der Waals surface area (Å²) in [5.74, 6) is -0.767. The summed E-state index contributed by atoms with van der Waals surface area (Å²) in [6.07, 6.45) is -2.04. The van der Waals surface area contributed by atoms with E-state index in [0.717, 1.165) is 6.42 Å². The Bertz CT molecular complexity index is 149. The van der Waals surface area contributed by atoms with Crippen LogP contribution in [0, 0.1) is 5.92 Å². The maximum Gasteiger partial charge on any atom is 0.315 e. The van der Waals surface area contributed by atoms with Crippen LogP contribution in [0.2, 0.25) is 0 Å². The number of amides is 1. The fraction of sp³-hybridized carbons (Fsp3) is 0.833. The van der Waals surface area contributed by atoms with Gasteiger partial charge in [0.2, 0.25) is 0 Å². The van der Waals surface area contributed by atoms with Gasteiger partial charge in [-0.15, -0.1) is 0 Å². The third-order valence-electron chi connectivity index (χ3n) is 1.64. The second kappa shape index (κ2) is 2.52. The molecule has 0 heterocycles. The molecule has 1 fully saturated rings. The lowest BCUT2D eigenvalue weighted by Gasteiger charge is -2.00. The molecule has 0 bridgehead atoms. The van der Waals surface area contributed by atoms with Crippen LogP contribution >= 0.6 is 0 Å². The zero-order valence-electron chi connectivity index (χ0n) is 5.60. The van der Waals surface area contributed by atoms with Crippen LogP contribution in [-0.4, -0.2) is 18.4 Å². The lowest BCUT2D eigenvalue weighted by atomic mass is 10.4. The van der Waals surface area contributed by atoms with Crippen molar-refractivity contribution < 1.29 is 13.6 Å². The molecule has 0 aromatic carbocycles. The molecule has 0 aromatic heterocycles. The summed E-state index contributed by atoms with van der Waals surface area (Å²) in [5.41, 5.74) is 0. The Hall–Kier alpha value is -0.670. The van der Waals surface area contributed by atoms with Gasteiger partial charge in [0.15, 0.2) is 0 Å². The van der Waals surface area contributed by atoms with Gasteiger partial charge in [-0.3, -0.25) is 4.79 Å². The van der Waals surface area contributed by atoms with Gasteiger partial charge >= 0.3 is 6.43 Å². The van der Waals surface area contributed by atoms with E-state index in [1.165, 1.54) is 0 Å². The highest BCUT2D eigenvalue weighted by atomic mass is 19.3. The highest BCUT2D eigenvalue weighted by molar-refractivity contribution is 5.79. The van der Waals surface area contributed by atoms with E-state index in [0.29, 0.717) is 5.92 Å². The number of halogens is 2. The monoisotopic (exact) mass is 149 g/mol. The summed E-state index contributed by atoms with van der Waals surface area (Å²) in [6, 6.07) is 0.00139. The molecular weight excluding hydrogens is 140 g/mol. The summed E-state index contributed by atoms with van der Waals surface area (Å²) in [5, 5.41) is 2.21. The van der Waals surface area contributed by atoms with Crippen LogP contribution in [0.25, 0.3) is 0 Å². The van der Waals surface area contributed by atoms with Crippen molar-refractivity contribution in [3.63, 3.8) is 0 Å². The van der Waals surface area contributed by atoms with Gasteiger partial charge in [-0.1, -0.05) is 6.92 Å². The molecule has 0 aliphatic heterocycles. The number of carbonyl (C=O) groups is 1. The molecule has 58 valence electrons. The molecule has 1 aliphatic carbocycles. The van der Waals surface area contributed by atoms with Gasteiger partial charge in [0, 0.05) is 6.04 Å². The van der Waals surface area contributed by atoms with Gasteiger partial charge in [0.1, 0.15) is 0 Å². The minimum absolute atomic E-state index is 0.00139.